The van der Waals surface area contributed by atoms with Crippen LogP contribution < -0.4 is 5.32 Å². The normalized spacial score (nSPS) is 16.1. The third kappa shape index (κ3) is 2.99. The van der Waals surface area contributed by atoms with E-state index < -0.39 is 5.97 Å². The molecular weight excluding hydrogens is 290 g/mol. The van der Waals surface area contributed by atoms with Crippen molar-refractivity contribution in [2.45, 2.75) is 26.8 Å². The molecule has 0 aliphatic carbocycles. The van der Waals surface area contributed by atoms with Gasteiger partial charge in [-0.15, -0.1) is 0 Å². The maximum absolute atomic E-state index is 11.7. The summed E-state index contributed by atoms with van der Waals surface area (Å²) in [6.07, 6.45) is 0.902. The highest BCUT2D eigenvalue weighted by molar-refractivity contribution is 6.05. The third-order valence-electron chi connectivity index (χ3n) is 4.91. The number of hydrogen-bond acceptors (Lipinski definition) is 3. The molecule has 1 aliphatic rings. The van der Waals surface area contributed by atoms with Crippen LogP contribution in [0.3, 0.4) is 0 Å². The number of carboxylic acids is 1. The Morgan fingerprint density at radius 1 is 1.30 bits per heavy atom. The van der Waals surface area contributed by atoms with Crippen LogP contribution in [0.15, 0.2) is 18.2 Å². The zero-order chi connectivity index (χ0) is 16.4. The first-order valence-corrected chi connectivity index (χ1v) is 8.40. The van der Waals surface area contributed by atoms with Crippen molar-refractivity contribution in [1.82, 2.24) is 14.8 Å². The Bertz CT molecular complexity index is 715. The van der Waals surface area contributed by atoms with Crippen LogP contribution in [0.1, 0.15) is 28.5 Å². The summed E-state index contributed by atoms with van der Waals surface area (Å²) in [6.45, 7) is 10.3. The molecular formula is C18H25N3O2. The average Bonchev–Trinajstić information content (AvgIpc) is 2.84. The molecule has 1 fully saturated rings. The number of piperazine rings is 1. The molecule has 1 aromatic carbocycles. The molecule has 2 N–H and O–H groups in total. The predicted octanol–water partition coefficient (Wildman–Crippen LogP) is 2.12. The number of rotatable bonds is 5. The fourth-order valence-electron chi connectivity index (χ4n) is 3.70. The Balaban J connectivity index is 2.00. The zero-order valence-electron chi connectivity index (χ0n) is 13.9. The lowest BCUT2D eigenvalue weighted by molar-refractivity contribution is 0.0699. The van der Waals surface area contributed by atoms with Gasteiger partial charge in [-0.25, -0.2) is 4.79 Å². The second-order valence-electron chi connectivity index (χ2n) is 6.15. The summed E-state index contributed by atoms with van der Waals surface area (Å²) in [4.78, 5) is 14.1. The lowest BCUT2D eigenvalue weighted by Gasteiger charge is -2.27. The number of hydrogen-bond donors (Lipinski definition) is 2. The van der Waals surface area contributed by atoms with E-state index in [-0.39, 0.29) is 0 Å². The molecule has 0 spiro atoms. The second-order valence-corrected chi connectivity index (χ2v) is 6.15. The maximum atomic E-state index is 11.7. The monoisotopic (exact) mass is 315 g/mol. The minimum absolute atomic E-state index is 0.424. The van der Waals surface area contributed by atoms with Crippen LogP contribution in [-0.2, 0) is 13.0 Å². The molecule has 1 aromatic heterocycles. The van der Waals surface area contributed by atoms with Gasteiger partial charge in [-0.05, 0) is 38.0 Å². The van der Waals surface area contributed by atoms with Crippen LogP contribution >= 0.6 is 0 Å². The van der Waals surface area contributed by atoms with Gasteiger partial charge in [0, 0.05) is 55.9 Å². The van der Waals surface area contributed by atoms with E-state index in [4.69, 9.17) is 0 Å². The van der Waals surface area contributed by atoms with E-state index in [2.05, 4.69) is 28.6 Å². The van der Waals surface area contributed by atoms with Gasteiger partial charge in [0.2, 0.25) is 0 Å². The molecule has 0 unspecified atom stereocenters. The fourth-order valence-corrected chi connectivity index (χ4v) is 3.70. The highest BCUT2D eigenvalue weighted by atomic mass is 16.4. The van der Waals surface area contributed by atoms with Crippen molar-refractivity contribution in [2.75, 3.05) is 32.7 Å². The largest absolute Gasteiger partial charge is 0.478 e. The number of aryl methyl sites for hydroxylation is 1. The number of aromatic carboxylic acids is 1. The lowest BCUT2D eigenvalue weighted by atomic mass is 10.0. The van der Waals surface area contributed by atoms with E-state index in [0.717, 1.165) is 56.6 Å². The van der Waals surface area contributed by atoms with E-state index in [1.54, 1.807) is 6.07 Å². The summed E-state index contributed by atoms with van der Waals surface area (Å²) < 4.78 is 2.23. The predicted molar refractivity (Wildman–Crippen MR) is 92.3 cm³/mol. The van der Waals surface area contributed by atoms with Crippen molar-refractivity contribution in [3.05, 3.63) is 35.0 Å². The highest BCUT2D eigenvalue weighted by Gasteiger charge is 2.20. The number of carboxylic acid groups (broad SMARTS) is 1. The number of aromatic nitrogens is 1. The molecule has 2 aromatic rings. The molecule has 0 amide bonds. The first-order valence-electron chi connectivity index (χ1n) is 8.40. The van der Waals surface area contributed by atoms with Crippen LogP contribution in [0.4, 0.5) is 0 Å². The van der Waals surface area contributed by atoms with Crippen molar-refractivity contribution in [3.63, 3.8) is 0 Å². The standard InChI is InChI=1S/C18H25N3O2/c1-3-21-13(2)14(7-10-20-11-8-19-9-12-20)17-15(18(22)23)5-4-6-16(17)21/h4-6,19H,3,7-12H2,1-2H3,(H,22,23). The molecule has 0 saturated carbocycles. The molecule has 2 heterocycles. The van der Waals surface area contributed by atoms with E-state index in [9.17, 15) is 9.90 Å². The molecule has 5 nitrogen and oxygen atoms in total. The Morgan fingerprint density at radius 3 is 2.70 bits per heavy atom. The summed E-state index contributed by atoms with van der Waals surface area (Å²) in [5.41, 5.74) is 3.86. The Kier molecular flexibility index (Phi) is 4.68. The molecule has 0 bridgehead atoms. The zero-order valence-corrected chi connectivity index (χ0v) is 13.9. The topological polar surface area (TPSA) is 57.5 Å². The molecule has 0 radical (unpaired) electrons. The van der Waals surface area contributed by atoms with E-state index in [1.807, 2.05) is 12.1 Å². The van der Waals surface area contributed by atoms with Gasteiger partial charge in [0.05, 0.1) is 5.56 Å². The van der Waals surface area contributed by atoms with E-state index >= 15 is 0 Å². The molecule has 0 atom stereocenters. The Labute approximate surface area is 136 Å². The minimum atomic E-state index is -0.840. The Hall–Kier alpha value is -1.85. The summed E-state index contributed by atoms with van der Waals surface area (Å²) in [6, 6.07) is 5.60. The first-order chi connectivity index (χ1) is 11.1. The van der Waals surface area contributed by atoms with Crippen LogP contribution in [0.25, 0.3) is 10.9 Å². The summed E-state index contributed by atoms with van der Waals surface area (Å²) >= 11 is 0. The summed E-state index contributed by atoms with van der Waals surface area (Å²) in [5, 5.41) is 13.9. The van der Waals surface area contributed by atoms with Crippen LogP contribution in [0, 0.1) is 6.92 Å². The molecule has 1 aliphatic heterocycles. The SMILES string of the molecule is CCn1c(C)c(CCN2CCNCC2)c2c(C(=O)O)cccc21. The Morgan fingerprint density at radius 2 is 2.04 bits per heavy atom. The minimum Gasteiger partial charge on any atom is -0.478 e. The van der Waals surface area contributed by atoms with Gasteiger partial charge in [0.25, 0.3) is 0 Å². The second kappa shape index (κ2) is 6.72. The smallest absolute Gasteiger partial charge is 0.336 e. The maximum Gasteiger partial charge on any atom is 0.336 e. The lowest BCUT2D eigenvalue weighted by Crippen LogP contribution is -2.44. The number of carbonyl (C=O) groups is 1. The van der Waals surface area contributed by atoms with Crippen LogP contribution in [-0.4, -0.2) is 53.3 Å². The molecule has 1 saturated heterocycles. The van der Waals surface area contributed by atoms with Crippen molar-refractivity contribution in [2.24, 2.45) is 0 Å². The van der Waals surface area contributed by atoms with Crippen LogP contribution in [0.2, 0.25) is 0 Å². The number of benzene rings is 1. The number of nitrogens with zero attached hydrogens (tertiary/aromatic N) is 2. The average molecular weight is 315 g/mol. The van der Waals surface area contributed by atoms with Gasteiger partial charge in [0.15, 0.2) is 0 Å². The van der Waals surface area contributed by atoms with Crippen molar-refractivity contribution in [3.8, 4) is 0 Å². The van der Waals surface area contributed by atoms with Gasteiger partial charge >= 0.3 is 5.97 Å². The van der Waals surface area contributed by atoms with Crippen molar-refractivity contribution in [1.29, 1.82) is 0 Å². The molecule has 124 valence electrons. The van der Waals surface area contributed by atoms with Gasteiger partial charge in [-0.1, -0.05) is 6.07 Å². The van der Waals surface area contributed by atoms with Gasteiger partial charge < -0.3 is 19.9 Å². The van der Waals surface area contributed by atoms with E-state index in [0.29, 0.717) is 5.56 Å². The fraction of sp³-hybridized carbons (Fsp3) is 0.500. The van der Waals surface area contributed by atoms with E-state index in [1.165, 1.54) is 11.3 Å². The van der Waals surface area contributed by atoms with Crippen LogP contribution in [0.5, 0.6) is 0 Å². The molecule has 23 heavy (non-hydrogen) atoms. The highest BCUT2D eigenvalue weighted by Crippen LogP contribution is 2.29. The summed E-state index contributed by atoms with van der Waals surface area (Å²) in [5.74, 6) is -0.840. The molecule has 5 heteroatoms. The quantitative estimate of drug-likeness (QED) is 0.887. The van der Waals surface area contributed by atoms with Gasteiger partial charge in [0.1, 0.15) is 0 Å². The third-order valence-corrected chi connectivity index (χ3v) is 4.91. The number of nitrogens with one attached hydrogen (secondary N) is 1. The van der Waals surface area contributed by atoms with Crippen molar-refractivity contribution < 1.29 is 9.90 Å². The summed E-state index contributed by atoms with van der Waals surface area (Å²) in [7, 11) is 0. The molecule has 3 rings (SSSR count). The van der Waals surface area contributed by atoms with Gasteiger partial charge in [-0.3, -0.25) is 0 Å². The number of fused-ring (bicyclic) bond motifs is 1. The first kappa shape index (κ1) is 16.0. The van der Waals surface area contributed by atoms with Crippen molar-refractivity contribution >= 4 is 16.9 Å². The van der Waals surface area contributed by atoms with Gasteiger partial charge in [-0.2, -0.15) is 0 Å².